The topological polar surface area (TPSA) is 49.9 Å². The van der Waals surface area contributed by atoms with Crippen molar-refractivity contribution < 1.29 is 14.3 Å². The van der Waals surface area contributed by atoms with E-state index in [2.05, 4.69) is 0 Å². The van der Waals surface area contributed by atoms with Crippen molar-refractivity contribution in [2.45, 2.75) is 20.4 Å². The van der Waals surface area contributed by atoms with Crippen LogP contribution in [0.3, 0.4) is 0 Å². The highest BCUT2D eigenvalue weighted by Gasteiger charge is 2.21. The second kappa shape index (κ2) is 7.22. The fourth-order valence-corrected chi connectivity index (χ4v) is 2.39. The van der Waals surface area contributed by atoms with E-state index in [9.17, 15) is 9.59 Å². The Hall–Kier alpha value is -1.88. The molecule has 1 saturated heterocycles. The number of benzene rings is 1. The summed E-state index contributed by atoms with van der Waals surface area (Å²) >= 11 is 0. The normalized spacial score (nSPS) is 14.9. The molecule has 21 heavy (non-hydrogen) atoms. The average molecular weight is 290 g/mol. The smallest absolute Gasteiger partial charge is 0.242 e. The Bertz CT molecular complexity index is 510. The summed E-state index contributed by atoms with van der Waals surface area (Å²) in [5.74, 6) is -0.0979. The highest BCUT2D eigenvalue weighted by Crippen LogP contribution is 2.09. The van der Waals surface area contributed by atoms with Gasteiger partial charge in [0.2, 0.25) is 11.8 Å². The first-order chi connectivity index (χ1) is 10.1. The quantitative estimate of drug-likeness (QED) is 0.837. The van der Waals surface area contributed by atoms with Gasteiger partial charge in [-0.25, -0.2) is 0 Å². The van der Waals surface area contributed by atoms with Crippen LogP contribution in [0.25, 0.3) is 0 Å². The lowest BCUT2D eigenvalue weighted by Gasteiger charge is -2.29. The van der Waals surface area contributed by atoms with Gasteiger partial charge in [-0.05, 0) is 12.5 Å². The van der Waals surface area contributed by atoms with Crippen molar-refractivity contribution in [2.24, 2.45) is 0 Å². The van der Waals surface area contributed by atoms with Crippen LogP contribution in [0.2, 0.25) is 0 Å². The van der Waals surface area contributed by atoms with Crippen molar-refractivity contribution in [2.75, 3.05) is 32.8 Å². The summed E-state index contributed by atoms with van der Waals surface area (Å²) in [6, 6.07) is 7.99. The van der Waals surface area contributed by atoms with E-state index in [0.29, 0.717) is 32.8 Å². The molecule has 5 heteroatoms. The van der Waals surface area contributed by atoms with Crippen molar-refractivity contribution in [1.82, 2.24) is 9.80 Å². The van der Waals surface area contributed by atoms with Crippen LogP contribution < -0.4 is 0 Å². The Morgan fingerprint density at radius 1 is 1.29 bits per heavy atom. The molecule has 0 radical (unpaired) electrons. The van der Waals surface area contributed by atoms with Gasteiger partial charge in [0.15, 0.2) is 0 Å². The Kier molecular flexibility index (Phi) is 5.33. The number of morpholine rings is 1. The van der Waals surface area contributed by atoms with E-state index in [1.54, 1.807) is 9.80 Å². The average Bonchev–Trinajstić information content (AvgIpc) is 2.47. The lowest BCUT2D eigenvalue weighted by Crippen LogP contribution is -2.46. The molecule has 2 rings (SSSR count). The Labute approximate surface area is 125 Å². The maximum atomic E-state index is 12.2. The van der Waals surface area contributed by atoms with E-state index in [1.807, 2.05) is 31.2 Å². The van der Waals surface area contributed by atoms with E-state index in [0.717, 1.165) is 11.1 Å². The monoisotopic (exact) mass is 290 g/mol. The van der Waals surface area contributed by atoms with Gasteiger partial charge in [0.1, 0.15) is 6.54 Å². The lowest BCUT2D eigenvalue weighted by atomic mass is 10.1. The van der Waals surface area contributed by atoms with Crippen LogP contribution in [0.1, 0.15) is 18.1 Å². The molecule has 0 bridgehead atoms. The molecule has 1 fully saturated rings. The molecule has 1 aromatic rings. The second-order valence-corrected chi connectivity index (χ2v) is 5.36. The van der Waals surface area contributed by atoms with Crippen molar-refractivity contribution in [1.29, 1.82) is 0 Å². The van der Waals surface area contributed by atoms with E-state index >= 15 is 0 Å². The van der Waals surface area contributed by atoms with Crippen LogP contribution in [0, 0.1) is 6.92 Å². The number of rotatable bonds is 4. The first-order valence-corrected chi connectivity index (χ1v) is 7.23. The minimum atomic E-state index is -0.0851. The molecule has 1 aliphatic rings. The van der Waals surface area contributed by atoms with Crippen LogP contribution in [0.15, 0.2) is 24.3 Å². The standard InChI is InChI=1S/C16H22N2O3/c1-13-4-3-5-15(10-13)11-18(14(2)19)12-16(20)17-6-8-21-9-7-17/h3-5,10H,6-9,11-12H2,1-2H3. The van der Waals surface area contributed by atoms with E-state index in [-0.39, 0.29) is 18.4 Å². The van der Waals surface area contributed by atoms with Gasteiger partial charge in [-0.3, -0.25) is 9.59 Å². The molecular formula is C16H22N2O3. The van der Waals surface area contributed by atoms with Crippen LogP contribution >= 0.6 is 0 Å². The summed E-state index contributed by atoms with van der Waals surface area (Å²) in [6.45, 7) is 6.47. The van der Waals surface area contributed by atoms with Gasteiger partial charge in [0, 0.05) is 26.6 Å². The highest BCUT2D eigenvalue weighted by molar-refractivity contribution is 5.83. The zero-order valence-corrected chi connectivity index (χ0v) is 12.7. The van der Waals surface area contributed by atoms with Gasteiger partial charge in [-0.2, -0.15) is 0 Å². The minimum absolute atomic E-state index is 0.0128. The molecule has 0 atom stereocenters. The molecule has 2 amide bonds. The molecule has 0 N–H and O–H groups in total. The van der Waals surface area contributed by atoms with Crippen LogP contribution in [-0.4, -0.2) is 54.5 Å². The second-order valence-electron chi connectivity index (χ2n) is 5.36. The maximum absolute atomic E-state index is 12.2. The number of aryl methyl sites for hydroxylation is 1. The number of ether oxygens (including phenoxy) is 1. The fourth-order valence-electron chi connectivity index (χ4n) is 2.39. The highest BCUT2D eigenvalue weighted by atomic mass is 16.5. The number of carbonyl (C=O) groups excluding carboxylic acids is 2. The molecule has 0 unspecified atom stereocenters. The predicted molar refractivity (Wildman–Crippen MR) is 79.7 cm³/mol. The van der Waals surface area contributed by atoms with Crippen molar-refractivity contribution in [3.63, 3.8) is 0 Å². The third-order valence-electron chi connectivity index (χ3n) is 3.59. The molecule has 114 valence electrons. The number of amides is 2. The Balaban J connectivity index is 1.98. The molecule has 0 saturated carbocycles. The van der Waals surface area contributed by atoms with Gasteiger partial charge in [-0.15, -0.1) is 0 Å². The third-order valence-corrected chi connectivity index (χ3v) is 3.59. The van der Waals surface area contributed by atoms with Crippen molar-refractivity contribution >= 4 is 11.8 Å². The third kappa shape index (κ3) is 4.56. The van der Waals surface area contributed by atoms with Gasteiger partial charge >= 0.3 is 0 Å². The summed E-state index contributed by atoms with van der Waals surface area (Å²) in [6.07, 6.45) is 0. The van der Waals surface area contributed by atoms with Gasteiger partial charge in [0.25, 0.3) is 0 Å². The van der Waals surface area contributed by atoms with Crippen LogP contribution in [0.5, 0.6) is 0 Å². The molecule has 0 aromatic heterocycles. The molecule has 1 aromatic carbocycles. The number of hydrogen-bond acceptors (Lipinski definition) is 3. The molecule has 1 heterocycles. The van der Waals surface area contributed by atoms with Crippen LogP contribution in [0.4, 0.5) is 0 Å². The Morgan fingerprint density at radius 3 is 2.62 bits per heavy atom. The zero-order chi connectivity index (χ0) is 15.2. The maximum Gasteiger partial charge on any atom is 0.242 e. The Morgan fingerprint density at radius 2 is 2.00 bits per heavy atom. The van der Waals surface area contributed by atoms with Crippen molar-refractivity contribution in [3.05, 3.63) is 35.4 Å². The number of hydrogen-bond donors (Lipinski definition) is 0. The van der Waals surface area contributed by atoms with Gasteiger partial charge in [0.05, 0.1) is 13.2 Å². The largest absolute Gasteiger partial charge is 0.378 e. The minimum Gasteiger partial charge on any atom is -0.378 e. The van der Waals surface area contributed by atoms with Gasteiger partial charge < -0.3 is 14.5 Å². The number of nitrogens with zero attached hydrogens (tertiary/aromatic N) is 2. The zero-order valence-electron chi connectivity index (χ0n) is 12.7. The summed E-state index contributed by atoms with van der Waals surface area (Å²) in [5, 5.41) is 0. The molecule has 5 nitrogen and oxygen atoms in total. The SMILES string of the molecule is CC(=O)N(CC(=O)N1CCOCC1)Cc1cccc(C)c1. The summed E-state index contributed by atoms with van der Waals surface area (Å²) in [7, 11) is 0. The first kappa shape index (κ1) is 15.5. The fraction of sp³-hybridized carbons (Fsp3) is 0.500. The summed E-state index contributed by atoms with van der Waals surface area (Å²) in [4.78, 5) is 27.4. The van der Waals surface area contributed by atoms with Crippen molar-refractivity contribution in [3.8, 4) is 0 Å². The molecule has 0 spiro atoms. The molecule has 1 aliphatic heterocycles. The first-order valence-electron chi connectivity index (χ1n) is 7.23. The predicted octanol–water partition coefficient (Wildman–Crippen LogP) is 1.20. The van der Waals surface area contributed by atoms with E-state index in [1.165, 1.54) is 6.92 Å². The summed E-state index contributed by atoms with van der Waals surface area (Å²) in [5.41, 5.74) is 2.19. The summed E-state index contributed by atoms with van der Waals surface area (Å²) < 4.78 is 5.24. The lowest BCUT2D eigenvalue weighted by molar-refractivity contribution is -0.142. The van der Waals surface area contributed by atoms with E-state index < -0.39 is 0 Å². The number of carbonyl (C=O) groups is 2. The van der Waals surface area contributed by atoms with Gasteiger partial charge in [-0.1, -0.05) is 29.8 Å². The van der Waals surface area contributed by atoms with Crippen LogP contribution in [-0.2, 0) is 20.9 Å². The molecular weight excluding hydrogens is 268 g/mol. The molecule has 0 aliphatic carbocycles. The van der Waals surface area contributed by atoms with E-state index in [4.69, 9.17) is 4.74 Å².